The van der Waals surface area contributed by atoms with E-state index < -0.39 is 10.2 Å². The van der Waals surface area contributed by atoms with Crippen molar-refractivity contribution in [3.05, 3.63) is 35.9 Å². The number of amides is 1. The molecule has 0 spiro atoms. The quantitative estimate of drug-likeness (QED) is 0.540. The van der Waals surface area contributed by atoms with Crippen LogP contribution in [0.5, 0.6) is 0 Å². The van der Waals surface area contributed by atoms with E-state index in [0.717, 1.165) is 64.1 Å². The van der Waals surface area contributed by atoms with E-state index in [1.807, 2.05) is 0 Å². The van der Waals surface area contributed by atoms with Gasteiger partial charge in [-0.05, 0) is 82.5 Å². The van der Waals surface area contributed by atoms with Crippen LogP contribution in [0, 0.1) is 11.8 Å². The van der Waals surface area contributed by atoms with Gasteiger partial charge in [-0.15, -0.1) is 0 Å². The molecule has 0 saturated carbocycles. The Morgan fingerprint density at radius 2 is 1.59 bits per heavy atom. The summed E-state index contributed by atoms with van der Waals surface area (Å²) in [4.78, 5) is 15.3. The molecule has 0 unspecified atom stereocenters. The second kappa shape index (κ2) is 12.5. The number of carbonyl (C=O) groups is 1. The van der Waals surface area contributed by atoms with Gasteiger partial charge in [-0.25, -0.2) is 0 Å². The Labute approximate surface area is 206 Å². The summed E-state index contributed by atoms with van der Waals surface area (Å²) in [5.74, 6) is 0.552. The molecule has 1 aromatic carbocycles. The molecule has 3 saturated heterocycles. The molecule has 0 radical (unpaired) electrons. The van der Waals surface area contributed by atoms with Crippen molar-refractivity contribution in [2.45, 2.75) is 57.8 Å². The predicted octanol–water partition coefficient (Wildman–Crippen LogP) is 2.89. The van der Waals surface area contributed by atoms with Gasteiger partial charge < -0.3 is 10.2 Å². The number of likely N-dealkylation sites (tertiary alicyclic amines) is 1. The van der Waals surface area contributed by atoms with Gasteiger partial charge >= 0.3 is 0 Å². The minimum Gasteiger partial charge on any atom is -0.356 e. The van der Waals surface area contributed by atoms with Crippen LogP contribution in [0.1, 0.15) is 56.9 Å². The smallest absolute Gasteiger partial charge is 0.281 e. The summed E-state index contributed by atoms with van der Waals surface area (Å²) < 4.78 is 29.1. The van der Waals surface area contributed by atoms with E-state index >= 15 is 0 Å². The number of benzene rings is 1. The van der Waals surface area contributed by atoms with E-state index in [-0.39, 0.29) is 11.8 Å². The third-order valence-electron chi connectivity index (χ3n) is 7.75. The van der Waals surface area contributed by atoms with Gasteiger partial charge in [0.25, 0.3) is 10.2 Å². The molecule has 1 atom stereocenters. The largest absolute Gasteiger partial charge is 0.356 e. The normalized spacial score (nSPS) is 24.2. The summed E-state index contributed by atoms with van der Waals surface area (Å²) in [6.45, 7) is 6.02. The summed E-state index contributed by atoms with van der Waals surface area (Å²) in [6.07, 6.45) is 9.09. The maximum absolute atomic E-state index is 13.0. The van der Waals surface area contributed by atoms with Gasteiger partial charge in [0.1, 0.15) is 0 Å². The van der Waals surface area contributed by atoms with Crippen LogP contribution >= 0.6 is 0 Å². The molecule has 3 heterocycles. The molecule has 3 fully saturated rings. The van der Waals surface area contributed by atoms with Crippen molar-refractivity contribution in [3.8, 4) is 0 Å². The van der Waals surface area contributed by atoms with E-state index in [1.54, 1.807) is 8.61 Å². The van der Waals surface area contributed by atoms with Gasteiger partial charge in [-0.2, -0.15) is 17.0 Å². The Bertz CT molecular complexity index is 865. The lowest BCUT2D eigenvalue weighted by Crippen LogP contribution is -2.51. The molecule has 8 heteroatoms. The highest BCUT2D eigenvalue weighted by Crippen LogP contribution is 2.24. The first kappa shape index (κ1) is 25.6. The van der Waals surface area contributed by atoms with Gasteiger partial charge in [-0.3, -0.25) is 4.79 Å². The molecule has 1 N–H and O–H groups in total. The first-order chi connectivity index (χ1) is 16.5. The molecule has 0 aliphatic carbocycles. The van der Waals surface area contributed by atoms with Crippen molar-refractivity contribution < 1.29 is 13.2 Å². The number of nitrogens with one attached hydrogen (secondary N) is 1. The highest BCUT2D eigenvalue weighted by molar-refractivity contribution is 7.86. The highest BCUT2D eigenvalue weighted by Gasteiger charge is 2.36. The second-order valence-electron chi connectivity index (χ2n) is 10.3. The molecule has 1 amide bonds. The Morgan fingerprint density at radius 3 is 2.32 bits per heavy atom. The Kier molecular flexibility index (Phi) is 9.39. The summed E-state index contributed by atoms with van der Waals surface area (Å²) in [6, 6.07) is 10.8. The Hall–Kier alpha value is -1.48. The minimum absolute atomic E-state index is 0.0140. The van der Waals surface area contributed by atoms with Crippen molar-refractivity contribution in [1.82, 2.24) is 18.8 Å². The minimum atomic E-state index is -3.44. The fourth-order valence-corrected chi connectivity index (χ4v) is 7.42. The second-order valence-corrected chi connectivity index (χ2v) is 12.2. The van der Waals surface area contributed by atoms with Crippen molar-refractivity contribution in [2.24, 2.45) is 11.8 Å². The third-order valence-corrected chi connectivity index (χ3v) is 9.75. The van der Waals surface area contributed by atoms with Crippen LogP contribution < -0.4 is 5.32 Å². The first-order valence-electron chi connectivity index (χ1n) is 13.3. The molecule has 0 aromatic heterocycles. The average Bonchev–Trinajstić information content (AvgIpc) is 2.88. The zero-order chi connectivity index (χ0) is 23.8. The summed E-state index contributed by atoms with van der Waals surface area (Å²) in [5.41, 5.74) is 1.44. The van der Waals surface area contributed by atoms with Gasteiger partial charge in [0.2, 0.25) is 5.91 Å². The summed E-state index contributed by atoms with van der Waals surface area (Å²) >= 11 is 0. The number of rotatable bonds is 9. The van der Waals surface area contributed by atoms with E-state index in [0.29, 0.717) is 32.7 Å². The molecular weight excluding hydrogens is 448 g/mol. The van der Waals surface area contributed by atoms with Crippen molar-refractivity contribution in [2.75, 3.05) is 52.4 Å². The SMILES string of the molecule is O=C(NCCCN1CCC(Cc2ccccc2)CC1)[C@H]1CCCN(S(=O)(=O)N2CCCCC2)C1. The maximum Gasteiger partial charge on any atom is 0.281 e. The van der Waals surface area contributed by atoms with Gasteiger partial charge in [0.15, 0.2) is 0 Å². The monoisotopic (exact) mass is 490 g/mol. The number of hydrogen-bond acceptors (Lipinski definition) is 4. The number of piperidine rings is 3. The lowest BCUT2D eigenvalue weighted by molar-refractivity contribution is -0.126. The molecule has 1 aromatic rings. The van der Waals surface area contributed by atoms with E-state index in [4.69, 9.17) is 0 Å². The fourth-order valence-electron chi connectivity index (χ4n) is 5.65. The lowest BCUT2D eigenvalue weighted by atomic mass is 9.90. The van der Waals surface area contributed by atoms with Crippen LogP contribution in [0.2, 0.25) is 0 Å². The third kappa shape index (κ3) is 7.03. The Morgan fingerprint density at radius 1 is 0.882 bits per heavy atom. The van der Waals surface area contributed by atoms with E-state index in [1.165, 1.54) is 24.8 Å². The van der Waals surface area contributed by atoms with Crippen LogP contribution in [-0.4, -0.2) is 80.2 Å². The lowest BCUT2D eigenvalue weighted by Gasteiger charge is -2.36. The summed E-state index contributed by atoms with van der Waals surface area (Å²) in [5, 5.41) is 3.08. The number of carbonyl (C=O) groups excluding carboxylic acids is 1. The van der Waals surface area contributed by atoms with Crippen LogP contribution in [0.15, 0.2) is 30.3 Å². The zero-order valence-corrected chi connectivity index (χ0v) is 21.4. The average molecular weight is 491 g/mol. The van der Waals surface area contributed by atoms with Gasteiger partial charge in [-0.1, -0.05) is 36.8 Å². The fraction of sp³-hybridized carbons (Fsp3) is 0.731. The predicted molar refractivity (Wildman–Crippen MR) is 136 cm³/mol. The zero-order valence-electron chi connectivity index (χ0n) is 20.5. The highest BCUT2D eigenvalue weighted by atomic mass is 32.2. The standard InChI is InChI=1S/C26H42N4O3S/c31-26(25-11-7-18-30(22-25)34(32,33)29-16-5-2-6-17-29)27-14-8-15-28-19-12-24(13-20-28)21-23-9-3-1-4-10-23/h1,3-4,9-10,24-25H,2,5-8,11-22H2,(H,27,31)/t25-/m0/s1. The molecular formula is C26H42N4O3S. The van der Waals surface area contributed by atoms with E-state index in [9.17, 15) is 13.2 Å². The van der Waals surface area contributed by atoms with Crippen LogP contribution in [0.25, 0.3) is 0 Å². The maximum atomic E-state index is 13.0. The molecule has 3 aliphatic heterocycles. The molecule has 3 aliphatic rings. The number of nitrogens with zero attached hydrogens (tertiary/aromatic N) is 3. The van der Waals surface area contributed by atoms with Crippen LogP contribution in [-0.2, 0) is 21.4 Å². The molecule has 34 heavy (non-hydrogen) atoms. The molecule has 0 bridgehead atoms. The van der Waals surface area contributed by atoms with Crippen molar-refractivity contribution >= 4 is 16.1 Å². The molecule has 7 nitrogen and oxygen atoms in total. The van der Waals surface area contributed by atoms with Crippen LogP contribution in [0.3, 0.4) is 0 Å². The van der Waals surface area contributed by atoms with Gasteiger partial charge in [0.05, 0.1) is 5.92 Å². The van der Waals surface area contributed by atoms with Crippen molar-refractivity contribution in [3.63, 3.8) is 0 Å². The van der Waals surface area contributed by atoms with Crippen molar-refractivity contribution in [1.29, 1.82) is 0 Å². The van der Waals surface area contributed by atoms with Gasteiger partial charge in [0, 0.05) is 32.7 Å². The Balaban J connectivity index is 1.13. The summed E-state index contributed by atoms with van der Waals surface area (Å²) in [7, 11) is -3.44. The van der Waals surface area contributed by atoms with Crippen LogP contribution in [0.4, 0.5) is 0 Å². The molecule has 4 rings (SSSR count). The first-order valence-corrected chi connectivity index (χ1v) is 14.7. The molecule has 190 valence electrons. The van der Waals surface area contributed by atoms with E-state index in [2.05, 4.69) is 40.5 Å². The topological polar surface area (TPSA) is 73.0 Å². The number of hydrogen-bond donors (Lipinski definition) is 1.